The third-order valence-corrected chi connectivity index (χ3v) is 6.34. The van der Waals surface area contributed by atoms with Crippen molar-refractivity contribution in [3.05, 3.63) is 63.1 Å². The van der Waals surface area contributed by atoms with E-state index in [9.17, 15) is 14.7 Å². The molecule has 1 aromatic heterocycles. The van der Waals surface area contributed by atoms with Gasteiger partial charge >= 0.3 is 5.97 Å². The van der Waals surface area contributed by atoms with Crippen molar-refractivity contribution in [1.82, 2.24) is 9.88 Å². The molecule has 0 fully saturated rings. The average Bonchev–Trinajstić information content (AvgIpc) is 3.33. The molecular formula is C20H21ClN4O3S. The number of aliphatic imine (C=N–C) groups is 1. The number of benzene rings is 1. The Morgan fingerprint density at radius 3 is 2.48 bits per heavy atom. The molecule has 0 bridgehead atoms. The molecule has 0 aliphatic carbocycles. The SMILES string of the molecule is CN(C)CCC(C(N)=O)(c1nc(C(=O)O)cs1)C1(c2ccc(Cl)cc2)C=CC=N1. The Morgan fingerprint density at radius 1 is 1.31 bits per heavy atom. The van der Waals surface area contributed by atoms with Crippen LogP contribution in [-0.2, 0) is 15.7 Å². The third-order valence-electron chi connectivity index (χ3n) is 5.08. The summed E-state index contributed by atoms with van der Waals surface area (Å²) in [4.78, 5) is 35.5. The number of aromatic nitrogens is 1. The fraction of sp³-hybridized carbons (Fsp3) is 0.300. The maximum absolute atomic E-state index is 13.1. The van der Waals surface area contributed by atoms with Crippen LogP contribution in [0.2, 0.25) is 5.02 Å². The molecule has 1 aliphatic rings. The van der Waals surface area contributed by atoms with Gasteiger partial charge in [-0.3, -0.25) is 9.79 Å². The van der Waals surface area contributed by atoms with Gasteiger partial charge in [0.25, 0.3) is 0 Å². The number of thiazole rings is 1. The van der Waals surface area contributed by atoms with Crippen LogP contribution >= 0.6 is 22.9 Å². The number of hydrogen-bond donors (Lipinski definition) is 2. The molecule has 0 radical (unpaired) electrons. The Balaban J connectivity index is 2.30. The molecular weight excluding hydrogens is 412 g/mol. The number of halogens is 1. The molecule has 7 nitrogen and oxygen atoms in total. The van der Waals surface area contributed by atoms with Crippen LogP contribution < -0.4 is 5.73 Å². The lowest BCUT2D eigenvalue weighted by molar-refractivity contribution is -0.126. The standard InChI is InChI=1S/C20H21ClN4O3S/c1-25(2)11-9-19(17(22)28,18-24-15(12-29-18)16(26)27)20(8-3-10-23-20)13-4-6-14(21)7-5-13/h3-8,10,12H,9,11H2,1-2H3,(H2,22,28)(H,26,27). The molecule has 2 atom stereocenters. The van der Waals surface area contributed by atoms with Crippen LogP contribution in [0.15, 0.2) is 46.8 Å². The molecule has 0 saturated heterocycles. The number of carboxylic acid groups (broad SMARTS) is 1. The summed E-state index contributed by atoms with van der Waals surface area (Å²) in [5.74, 6) is -1.78. The van der Waals surface area contributed by atoms with Gasteiger partial charge in [-0.25, -0.2) is 9.78 Å². The molecule has 1 aliphatic heterocycles. The molecule has 0 spiro atoms. The number of nitrogens with two attached hydrogens (primary N) is 1. The minimum absolute atomic E-state index is 0.127. The zero-order chi connectivity index (χ0) is 21.2. The molecule has 0 saturated carbocycles. The van der Waals surface area contributed by atoms with Gasteiger partial charge in [-0.05, 0) is 56.9 Å². The second-order valence-corrected chi connectivity index (χ2v) is 8.37. The number of aromatic carboxylic acids is 1. The maximum atomic E-state index is 13.1. The molecule has 1 aromatic carbocycles. The summed E-state index contributed by atoms with van der Waals surface area (Å²) in [7, 11) is 3.78. The first kappa shape index (κ1) is 21.2. The number of allylic oxidation sites excluding steroid dienone is 1. The van der Waals surface area contributed by atoms with E-state index in [1.54, 1.807) is 36.6 Å². The van der Waals surface area contributed by atoms with Crippen LogP contribution in [0.3, 0.4) is 0 Å². The van der Waals surface area contributed by atoms with E-state index in [0.29, 0.717) is 23.0 Å². The molecule has 9 heteroatoms. The van der Waals surface area contributed by atoms with Crippen molar-refractivity contribution in [1.29, 1.82) is 0 Å². The topological polar surface area (TPSA) is 109 Å². The largest absolute Gasteiger partial charge is 0.476 e. The van der Waals surface area contributed by atoms with Gasteiger partial charge < -0.3 is 15.7 Å². The summed E-state index contributed by atoms with van der Waals surface area (Å²) < 4.78 is 0. The lowest BCUT2D eigenvalue weighted by Crippen LogP contribution is -2.56. The van der Waals surface area contributed by atoms with Gasteiger partial charge in [-0.2, -0.15) is 0 Å². The molecule has 3 N–H and O–H groups in total. The highest BCUT2D eigenvalue weighted by Crippen LogP contribution is 2.51. The van der Waals surface area contributed by atoms with Gasteiger partial charge in [0.15, 0.2) is 5.69 Å². The molecule has 2 unspecified atom stereocenters. The maximum Gasteiger partial charge on any atom is 0.355 e. The van der Waals surface area contributed by atoms with Crippen molar-refractivity contribution in [2.75, 3.05) is 20.6 Å². The van der Waals surface area contributed by atoms with Gasteiger partial charge in [0.2, 0.25) is 5.91 Å². The zero-order valence-corrected chi connectivity index (χ0v) is 17.6. The Morgan fingerprint density at radius 2 is 2.00 bits per heavy atom. The van der Waals surface area contributed by atoms with E-state index < -0.39 is 22.8 Å². The summed E-state index contributed by atoms with van der Waals surface area (Å²) in [5, 5.41) is 11.7. The van der Waals surface area contributed by atoms with Gasteiger partial charge in [0, 0.05) is 16.6 Å². The fourth-order valence-corrected chi connectivity index (χ4v) is 4.81. The van der Waals surface area contributed by atoms with Crippen LogP contribution in [0.1, 0.15) is 27.5 Å². The number of rotatable bonds is 8. The van der Waals surface area contributed by atoms with Gasteiger partial charge in [-0.1, -0.05) is 23.7 Å². The van der Waals surface area contributed by atoms with Crippen LogP contribution in [0.5, 0.6) is 0 Å². The van der Waals surface area contributed by atoms with E-state index >= 15 is 0 Å². The van der Waals surface area contributed by atoms with Crippen molar-refractivity contribution < 1.29 is 14.7 Å². The first-order valence-electron chi connectivity index (χ1n) is 8.86. The van der Waals surface area contributed by atoms with Gasteiger partial charge in [-0.15, -0.1) is 11.3 Å². The zero-order valence-electron chi connectivity index (χ0n) is 16.0. The van der Waals surface area contributed by atoms with E-state index in [4.69, 9.17) is 22.3 Å². The van der Waals surface area contributed by atoms with E-state index in [1.165, 1.54) is 5.38 Å². The first-order valence-corrected chi connectivity index (χ1v) is 10.1. The molecule has 29 heavy (non-hydrogen) atoms. The number of carbonyl (C=O) groups is 2. The predicted octanol–water partition coefficient (Wildman–Crippen LogP) is 2.71. The quantitative estimate of drug-likeness (QED) is 0.666. The summed E-state index contributed by atoms with van der Waals surface area (Å²) in [6.45, 7) is 0.517. The fourth-order valence-electron chi connectivity index (χ4n) is 3.60. The summed E-state index contributed by atoms with van der Waals surface area (Å²) in [6.07, 6.45) is 5.49. The van der Waals surface area contributed by atoms with Crippen molar-refractivity contribution in [2.45, 2.75) is 17.4 Å². The second-order valence-electron chi connectivity index (χ2n) is 7.08. The smallest absolute Gasteiger partial charge is 0.355 e. The molecule has 152 valence electrons. The Labute approximate surface area is 177 Å². The van der Waals surface area contributed by atoms with Crippen molar-refractivity contribution >= 4 is 41.0 Å². The number of amides is 1. The number of primary amides is 1. The van der Waals surface area contributed by atoms with Crippen LogP contribution in [0, 0.1) is 0 Å². The molecule has 1 amide bonds. The highest BCUT2D eigenvalue weighted by molar-refractivity contribution is 7.10. The first-order chi connectivity index (χ1) is 13.7. The molecule has 2 aromatic rings. The Hall–Kier alpha value is -2.55. The molecule has 2 heterocycles. The van der Waals surface area contributed by atoms with Crippen LogP contribution in [0.4, 0.5) is 0 Å². The van der Waals surface area contributed by atoms with E-state index in [0.717, 1.165) is 16.9 Å². The highest BCUT2D eigenvalue weighted by Gasteiger charge is 2.59. The minimum Gasteiger partial charge on any atom is -0.476 e. The van der Waals surface area contributed by atoms with Crippen molar-refractivity contribution in [3.63, 3.8) is 0 Å². The van der Waals surface area contributed by atoms with Crippen molar-refractivity contribution in [2.24, 2.45) is 10.7 Å². The minimum atomic E-state index is -1.38. The molecule has 3 rings (SSSR count). The normalized spacial score (nSPS) is 20.1. The summed E-state index contributed by atoms with van der Waals surface area (Å²) in [5.41, 5.74) is 4.09. The Bertz CT molecular complexity index is 972. The van der Waals surface area contributed by atoms with E-state index in [-0.39, 0.29) is 5.69 Å². The van der Waals surface area contributed by atoms with Crippen molar-refractivity contribution in [3.8, 4) is 0 Å². The monoisotopic (exact) mass is 432 g/mol. The second kappa shape index (κ2) is 8.06. The predicted molar refractivity (Wildman–Crippen MR) is 114 cm³/mol. The average molecular weight is 433 g/mol. The Kier molecular flexibility index (Phi) is 5.88. The summed E-state index contributed by atoms with van der Waals surface area (Å²) in [6, 6.07) is 7.05. The highest BCUT2D eigenvalue weighted by atomic mass is 35.5. The van der Waals surface area contributed by atoms with E-state index in [1.807, 2.05) is 25.1 Å². The van der Waals surface area contributed by atoms with Crippen LogP contribution in [-0.4, -0.2) is 53.7 Å². The number of nitrogens with zero attached hydrogens (tertiary/aromatic N) is 3. The van der Waals surface area contributed by atoms with Crippen LogP contribution in [0.25, 0.3) is 0 Å². The van der Waals surface area contributed by atoms with E-state index in [2.05, 4.69) is 4.98 Å². The third kappa shape index (κ3) is 3.59. The van der Waals surface area contributed by atoms with Gasteiger partial charge in [0.1, 0.15) is 16.0 Å². The lowest BCUT2D eigenvalue weighted by Gasteiger charge is -2.43. The number of carboxylic acids is 1. The van der Waals surface area contributed by atoms with Gasteiger partial charge in [0.05, 0.1) is 0 Å². The number of carbonyl (C=O) groups excluding carboxylic acids is 1. The lowest BCUT2D eigenvalue weighted by atomic mass is 9.64. The number of hydrogen-bond acceptors (Lipinski definition) is 6. The summed E-state index contributed by atoms with van der Waals surface area (Å²) >= 11 is 7.17.